The predicted molar refractivity (Wildman–Crippen MR) is 110 cm³/mol. The third-order valence-electron chi connectivity index (χ3n) is 4.57. The third-order valence-corrected chi connectivity index (χ3v) is 5.70. The number of aliphatic imine (C=N–C) groups is 1. The third kappa shape index (κ3) is 4.89. The molecule has 3 rings (SSSR count). The smallest absolute Gasteiger partial charge is 0.229 e. The van der Waals surface area contributed by atoms with Gasteiger partial charge in [0.25, 0.3) is 0 Å². The van der Waals surface area contributed by atoms with Crippen LogP contribution in [0.2, 0.25) is 0 Å². The van der Waals surface area contributed by atoms with E-state index >= 15 is 0 Å². The molecule has 0 radical (unpaired) electrons. The van der Waals surface area contributed by atoms with E-state index in [1.807, 2.05) is 30.3 Å². The molecule has 28 heavy (non-hydrogen) atoms. The van der Waals surface area contributed by atoms with Gasteiger partial charge in [-0.15, -0.1) is 0 Å². The minimum Gasteiger partial charge on any atom is -0.352 e. The first-order valence-corrected chi connectivity index (χ1v) is 10.9. The molecule has 0 bridgehead atoms. The number of nitrogens with zero attached hydrogens (tertiary/aromatic N) is 2. The molecular formula is C20H24N4O3S. The molecule has 1 aliphatic heterocycles. The van der Waals surface area contributed by atoms with E-state index in [4.69, 9.17) is 0 Å². The lowest BCUT2D eigenvalue weighted by molar-refractivity contribution is -0.117. The highest BCUT2D eigenvalue weighted by Crippen LogP contribution is 2.21. The second-order valence-corrected chi connectivity index (χ2v) is 8.74. The fourth-order valence-electron chi connectivity index (χ4n) is 3.09. The number of para-hydroxylation sites is 1. The number of amides is 1. The summed E-state index contributed by atoms with van der Waals surface area (Å²) >= 11 is 0. The largest absolute Gasteiger partial charge is 0.352 e. The minimum atomic E-state index is -3.20. The Kier molecular flexibility index (Phi) is 5.99. The van der Waals surface area contributed by atoms with Gasteiger partial charge in [0.2, 0.25) is 5.91 Å². The fourth-order valence-corrected chi connectivity index (χ4v) is 3.72. The summed E-state index contributed by atoms with van der Waals surface area (Å²) in [7, 11) is -1.52. The van der Waals surface area contributed by atoms with Crippen molar-refractivity contribution in [1.82, 2.24) is 10.6 Å². The number of rotatable bonds is 5. The van der Waals surface area contributed by atoms with Crippen molar-refractivity contribution in [3.63, 3.8) is 0 Å². The predicted octanol–water partition coefficient (Wildman–Crippen LogP) is 1.56. The van der Waals surface area contributed by atoms with Crippen LogP contribution < -0.4 is 15.5 Å². The lowest BCUT2D eigenvalue weighted by atomic mass is 10.2. The van der Waals surface area contributed by atoms with Crippen LogP contribution >= 0.6 is 0 Å². The summed E-state index contributed by atoms with van der Waals surface area (Å²) in [5.74, 6) is 0.676. The topological polar surface area (TPSA) is 90.9 Å². The van der Waals surface area contributed by atoms with Crippen LogP contribution in [-0.4, -0.2) is 46.2 Å². The molecule has 1 fully saturated rings. The summed E-state index contributed by atoms with van der Waals surface area (Å²) in [5.41, 5.74) is 1.83. The highest BCUT2D eigenvalue weighted by atomic mass is 32.2. The molecule has 1 heterocycles. The summed E-state index contributed by atoms with van der Waals surface area (Å²) < 4.78 is 23.1. The fraction of sp³-hybridized carbons (Fsp3) is 0.300. The lowest BCUT2D eigenvalue weighted by Crippen LogP contribution is -2.44. The Bertz CT molecular complexity index is 957. The molecule has 1 amide bonds. The summed E-state index contributed by atoms with van der Waals surface area (Å²) in [6, 6.07) is 16.3. The van der Waals surface area contributed by atoms with Gasteiger partial charge in [-0.2, -0.15) is 0 Å². The Hall–Kier alpha value is -2.87. The molecule has 1 unspecified atom stereocenters. The summed E-state index contributed by atoms with van der Waals surface area (Å²) in [6.45, 7) is 1.07. The highest BCUT2D eigenvalue weighted by molar-refractivity contribution is 7.90. The van der Waals surface area contributed by atoms with Crippen molar-refractivity contribution in [3.8, 4) is 0 Å². The van der Waals surface area contributed by atoms with Gasteiger partial charge >= 0.3 is 0 Å². The molecule has 1 atom stereocenters. The number of hydrogen-bond donors (Lipinski definition) is 2. The second kappa shape index (κ2) is 8.43. The second-order valence-electron chi connectivity index (χ2n) is 6.73. The van der Waals surface area contributed by atoms with Gasteiger partial charge in [0.15, 0.2) is 15.8 Å². The average Bonchev–Trinajstić information content (AvgIpc) is 3.05. The molecular weight excluding hydrogens is 376 g/mol. The number of anilines is 1. The molecule has 0 aromatic heterocycles. The van der Waals surface area contributed by atoms with E-state index < -0.39 is 9.84 Å². The molecule has 0 saturated carbocycles. The average molecular weight is 401 g/mol. The van der Waals surface area contributed by atoms with Crippen LogP contribution in [-0.2, 0) is 21.2 Å². The van der Waals surface area contributed by atoms with Gasteiger partial charge in [-0.05, 0) is 29.8 Å². The molecule has 0 aliphatic carbocycles. The monoisotopic (exact) mass is 400 g/mol. The Morgan fingerprint density at radius 2 is 1.82 bits per heavy atom. The van der Waals surface area contributed by atoms with Gasteiger partial charge < -0.3 is 15.5 Å². The van der Waals surface area contributed by atoms with E-state index in [-0.39, 0.29) is 11.9 Å². The van der Waals surface area contributed by atoms with E-state index in [0.29, 0.717) is 30.4 Å². The highest BCUT2D eigenvalue weighted by Gasteiger charge is 2.31. The van der Waals surface area contributed by atoms with E-state index in [1.54, 1.807) is 36.2 Å². The number of carbonyl (C=O) groups is 1. The van der Waals surface area contributed by atoms with Crippen LogP contribution in [0, 0.1) is 0 Å². The van der Waals surface area contributed by atoms with Crippen LogP contribution in [0.25, 0.3) is 0 Å². The zero-order valence-electron chi connectivity index (χ0n) is 15.9. The van der Waals surface area contributed by atoms with Gasteiger partial charge in [0.05, 0.1) is 10.9 Å². The lowest BCUT2D eigenvalue weighted by Gasteiger charge is -2.19. The van der Waals surface area contributed by atoms with Crippen LogP contribution in [0.3, 0.4) is 0 Å². The molecule has 2 N–H and O–H groups in total. The van der Waals surface area contributed by atoms with Crippen molar-refractivity contribution in [1.29, 1.82) is 0 Å². The van der Waals surface area contributed by atoms with Crippen molar-refractivity contribution in [2.45, 2.75) is 23.9 Å². The molecule has 1 aliphatic rings. The Morgan fingerprint density at radius 3 is 2.43 bits per heavy atom. The molecule has 2 aromatic carbocycles. The number of sulfone groups is 1. The number of benzene rings is 2. The summed E-state index contributed by atoms with van der Waals surface area (Å²) in [6.07, 6.45) is 1.59. The maximum absolute atomic E-state index is 12.3. The van der Waals surface area contributed by atoms with Crippen molar-refractivity contribution in [3.05, 3.63) is 60.2 Å². The van der Waals surface area contributed by atoms with Gasteiger partial charge in [0, 0.05) is 38.5 Å². The standard InChI is InChI=1S/C20H24N4O3S/c1-21-20(22-13-15-8-10-18(11-9-15)28(2,26)27)23-16-12-19(25)24(14-16)17-6-4-3-5-7-17/h3-11,16H,12-14H2,1-2H3,(H2,21,22,23). The first-order valence-electron chi connectivity index (χ1n) is 8.98. The maximum atomic E-state index is 12.3. The maximum Gasteiger partial charge on any atom is 0.229 e. The van der Waals surface area contributed by atoms with E-state index in [2.05, 4.69) is 15.6 Å². The Labute approximate surface area is 165 Å². The Balaban J connectivity index is 1.56. The molecule has 8 heteroatoms. The number of guanidine groups is 1. The molecule has 7 nitrogen and oxygen atoms in total. The quantitative estimate of drug-likeness (QED) is 0.587. The van der Waals surface area contributed by atoms with Crippen LogP contribution in [0.15, 0.2) is 64.5 Å². The summed E-state index contributed by atoms with van der Waals surface area (Å²) in [5, 5.41) is 6.48. The van der Waals surface area contributed by atoms with Crippen LogP contribution in [0.1, 0.15) is 12.0 Å². The van der Waals surface area contributed by atoms with E-state index in [0.717, 1.165) is 11.3 Å². The zero-order valence-corrected chi connectivity index (χ0v) is 16.7. The SMILES string of the molecule is CN=C(NCc1ccc(S(C)(=O)=O)cc1)NC1CC(=O)N(c2ccccc2)C1. The van der Waals surface area contributed by atoms with Crippen molar-refractivity contribution in [2.75, 3.05) is 24.7 Å². The number of carbonyl (C=O) groups excluding carboxylic acids is 1. The van der Waals surface area contributed by atoms with Gasteiger partial charge in [-0.1, -0.05) is 30.3 Å². The molecule has 148 valence electrons. The molecule has 0 spiro atoms. The number of hydrogen-bond acceptors (Lipinski definition) is 4. The van der Waals surface area contributed by atoms with Gasteiger partial charge in [-0.3, -0.25) is 9.79 Å². The molecule has 2 aromatic rings. The first-order chi connectivity index (χ1) is 13.4. The van der Waals surface area contributed by atoms with Gasteiger partial charge in [0.1, 0.15) is 0 Å². The van der Waals surface area contributed by atoms with Gasteiger partial charge in [-0.25, -0.2) is 8.42 Å². The zero-order chi connectivity index (χ0) is 20.1. The molecule has 1 saturated heterocycles. The number of nitrogens with one attached hydrogen (secondary N) is 2. The van der Waals surface area contributed by atoms with Crippen molar-refractivity contribution < 1.29 is 13.2 Å². The van der Waals surface area contributed by atoms with Crippen LogP contribution in [0.4, 0.5) is 5.69 Å². The first kappa shape index (κ1) is 19.9. The minimum absolute atomic E-state index is 0.0356. The summed E-state index contributed by atoms with van der Waals surface area (Å²) in [4.78, 5) is 18.6. The van der Waals surface area contributed by atoms with Crippen LogP contribution in [0.5, 0.6) is 0 Å². The van der Waals surface area contributed by atoms with E-state index in [1.165, 1.54) is 6.26 Å². The Morgan fingerprint density at radius 1 is 1.14 bits per heavy atom. The van der Waals surface area contributed by atoms with E-state index in [9.17, 15) is 13.2 Å². The van der Waals surface area contributed by atoms with Crippen molar-refractivity contribution >= 4 is 27.4 Å². The van der Waals surface area contributed by atoms with Crippen molar-refractivity contribution in [2.24, 2.45) is 4.99 Å². The normalized spacial score (nSPS) is 17.6.